The molecular formula is C13H15N3OS. The van der Waals surface area contributed by atoms with Gasteiger partial charge >= 0.3 is 0 Å². The second kappa shape index (κ2) is 4.57. The largest absolute Gasteiger partial charge is 0.365 e. The van der Waals surface area contributed by atoms with Crippen LogP contribution in [0, 0.1) is 6.92 Å². The van der Waals surface area contributed by atoms with Crippen molar-refractivity contribution in [2.24, 2.45) is 0 Å². The Bertz CT molecular complexity index is 613. The van der Waals surface area contributed by atoms with Gasteiger partial charge in [-0.05, 0) is 31.9 Å². The van der Waals surface area contributed by atoms with Crippen LogP contribution in [0.1, 0.15) is 34.3 Å². The molecule has 18 heavy (non-hydrogen) atoms. The molecule has 0 atom stereocenters. The van der Waals surface area contributed by atoms with E-state index in [0.717, 1.165) is 25.2 Å². The molecule has 0 unspecified atom stereocenters. The molecule has 2 heterocycles. The second-order valence-electron chi connectivity index (χ2n) is 4.66. The maximum Gasteiger partial charge on any atom is 0.252 e. The lowest BCUT2D eigenvalue weighted by Gasteiger charge is -2.05. The predicted molar refractivity (Wildman–Crippen MR) is 73.2 cm³/mol. The van der Waals surface area contributed by atoms with Gasteiger partial charge < -0.3 is 10.3 Å². The average molecular weight is 261 g/mol. The van der Waals surface area contributed by atoms with Gasteiger partial charge in [0.25, 0.3) is 5.56 Å². The summed E-state index contributed by atoms with van der Waals surface area (Å²) in [5, 5.41) is 3.22. The zero-order valence-electron chi connectivity index (χ0n) is 10.2. The van der Waals surface area contributed by atoms with E-state index in [1.165, 1.54) is 15.8 Å². The number of aryl methyl sites for hydroxylation is 1. The van der Waals surface area contributed by atoms with E-state index in [-0.39, 0.29) is 5.56 Å². The number of H-pyrrole nitrogens is 1. The molecule has 0 bridgehead atoms. The van der Waals surface area contributed by atoms with Gasteiger partial charge in [0.2, 0.25) is 0 Å². The number of nitrogens with zero attached hydrogens (tertiary/aromatic N) is 1. The number of nitrogens with one attached hydrogen (secondary N) is 2. The van der Waals surface area contributed by atoms with Gasteiger partial charge in [-0.15, -0.1) is 11.3 Å². The Balaban J connectivity index is 1.73. The normalized spacial score (nSPS) is 14.7. The Morgan fingerprint density at radius 1 is 1.50 bits per heavy atom. The Morgan fingerprint density at radius 2 is 2.33 bits per heavy atom. The first kappa shape index (κ1) is 11.5. The van der Waals surface area contributed by atoms with Crippen molar-refractivity contribution in [2.45, 2.75) is 32.2 Å². The van der Waals surface area contributed by atoms with Crippen LogP contribution in [0.3, 0.4) is 0 Å². The Hall–Kier alpha value is -1.62. The molecule has 1 aliphatic rings. The highest BCUT2D eigenvalue weighted by Crippen LogP contribution is 2.37. The van der Waals surface area contributed by atoms with Gasteiger partial charge in [-0.1, -0.05) is 0 Å². The number of hydrogen-bond donors (Lipinski definition) is 2. The van der Waals surface area contributed by atoms with E-state index in [1.807, 2.05) is 0 Å². The third kappa shape index (κ3) is 2.61. The molecule has 0 radical (unpaired) electrons. The van der Waals surface area contributed by atoms with Crippen LogP contribution in [0.2, 0.25) is 0 Å². The van der Waals surface area contributed by atoms with E-state index in [2.05, 4.69) is 34.3 Å². The summed E-state index contributed by atoms with van der Waals surface area (Å²) in [4.78, 5) is 21.3. The summed E-state index contributed by atoms with van der Waals surface area (Å²) in [6, 6.07) is 5.72. The Kier molecular flexibility index (Phi) is 2.91. The van der Waals surface area contributed by atoms with Gasteiger partial charge in [-0.25, -0.2) is 4.98 Å². The molecule has 3 rings (SSSR count). The van der Waals surface area contributed by atoms with Gasteiger partial charge in [0.1, 0.15) is 11.6 Å². The van der Waals surface area contributed by atoms with Gasteiger partial charge in [0.05, 0.1) is 6.54 Å². The molecule has 1 saturated carbocycles. The molecule has 0 aromatic carbocycles. The predicted octanol–water partition coefficient (Wildman–Crippen LogP) is 2.63. The van der Waals surface area contributed by atoms with Crippen molar-refractivity contribution in [2.75, 3.05) is 5.32 Å². The molecule has 2 aromatic heterocycles. The van der Waals surface area contributed by atoms with Crippen LogP contribution in [-0.2, 0) is 6.54 Å². The number of rotatable bonds is 4. The maximum atomic E-state index is 11.5. The van der Waals surface area contributed by atoms with E-state index in [9.17, 15) is 4.79 Å². The molecule has 0 spiro atoms. The van der Waals surface area contributed by atoms with E-state index >= 15 is 0 Å². The molecule has 2 N–H and O–H groups in total. The summed E-state index contributed by atoms with van der Waals surface area (Å²) in [5.74, 6) is 1.96. The maximum absolute atomic E-state index is 11.5. The smallest absolute Gasteiger partial charge is 0.252 e. The summed E-state index contributed by atoms with van der Waals surface area (Å²) < 4.78 is 0. The molecule has 5 heteroatoms. The summed E-state index contributed by atoms with van der Waals surface area (Å²) in [6.07, 6.45) is 2.27. The SMILES string of the molecule is Cc1ccc(CNc2cc(=O)[nH]c(C3CC3)n2)s1. The van der Waals surface area contributed by atoms with Gasteiger partial charge in [-0.3, -0.25) is 4.79 Å². The van der Waals surface area contributed by atoms with Crippen molar-refractivity contribution in [1.82, 2.24) is 9.97 Å². The first-order chi connectivity index (χ1) is 8.70. The van der Waals surface area contributed by atoms with Crippen LogP contribution in [0.25, 0.3) is 0 Å². The highest BCUT2D eigenvalue weighted by molar-refractivity contribution is 7.11. The van der Waals surface area contributed by atoms with Crippen molar-refractivity contribution in [3.05, 3.63) is 44.1 Å². The minimum absolute atomic E-state index is 0.0724. The highest BCUT2D eigenvalue weighted by atomic mass is 32.1. The number of aromatic nitrogens is 2. The quantitative estimate of drug-likeness (QED) is 0.889. The van der Waals surface area contributed by atoms with Crippen molar-refractivity contribution in [3.63, 3.8) is 0 Å². The Labute approximate surface area is 109 Å². The third-order valence-corrected chi connectivity index (χ3v) is 3.96. The van der Waals surface area contributed by atoms with Gasteiger partial charge in [-0.2, -0.15) is 0 Å². The van der Waals surface area contributed by atoms with E-state index in [0.29, 0.717) is 11.7 Å². The topological polar surface area (TPSA) is 57.8 Å². The third-order valence-electron chi connectivity index (χ3n) is 2.96. The molecule has 4 nitrogen and oxygen atoms in total. The van der Waals surface area contributed by atoms with Crippen LogP contribution < -0.4 is 10.9 Å². The lowest BCUT2D eigenvalue weighted by molar-refractivity contribution is 0.904. The molecule has 0 amide bonds. The van der Waals surface area contributed by atoms with E-state index in [4.69, 9.17) is 0 Å². The lowest BCUT2D eigenvalue weighted by Crippen LogP contribution is -2.13. The van der Waals surface area contributed by atoms with Crippen LogP contribution in [-0.4, -0.2) is 9.97 Å². The van der Waals surface area contributed by atoms with Crippen LogP contribution >= 0.6 is 11.3 Å². The van der Waals surface area contributed by atoms with E-state index in [1.54, 1.807) is 11.3 Å². The zero-order chi connectivity index (χ0) is 12.5. The van der Waals surface area contributed by atoms with Crippen molar-refractivity contribution in [3.8, 4) is 0 Å². The van der Waals surface area contributed by atoms with Crippen molar-refractivity contribution < 1.29 is 0 Å². The minimum atomic E-state index is -0.0724. The van der Waals surface area contributed by atoms with Gasteiger partial charge in [0.15, 0.2) is 0 Å². The zero-order valence-corrected chi connectivity index (χ0v) is 11.0. The van der Waals surface area contributed by atoms with Crippen molar-refractivity contribution >= 4 is 17.2 Å². The second-order valence-corrected chi connectivity index (χ2v) is 6.03. The standard InChI is InChI=1S/C13H15N3OS/c1-8-2-5-10(18-8)7-14-11-6-12(17)16-13(15-11)9-3-4-9/h2,5-6,9H,3-4,7H2,1H3,(H2,14,15,16,17). The van der Waals surface area contributed by atoms with Gasteiger partial charge in [0, 0.05) is 21.7 Å². The minimum Gasteiger partial charge on any atom is -0.365 e. The average Bonchev–Trinajstić information content (AvgIpc) is 3.10. The fourth-order valence-corrected chi connectivity index (χ4v) is 2.71. The highest BCUT2D eigenvalue weighted by Gasteiger charge is 2.26. The molecule has 1 aliphatic carbocycles. The van der Waals surface area contributed by atoms with Crippen molar-refractivity contribution in [1.29, 1.82) is 0 Å². The Morgan fingerprint density at radius 3 is 3.00 bits per heavy atom. The number of anilines is 1. The molecule has 2 aromatic rings. The number of aromatic amines is 1. The van der Waals surface area contributed by atoms with E-state index < -0.39 is 0 Å². The summed E-state index contributed by atoms with van der Waals surface area (Å²) in [6.45, 7) is 2.81. The first-order valence-electron chi connectivity index (χ1n) is 6.11. The van der Waals surface area contributed by atoms with Crippen LogP contribution in [0.4, 0.5) is 5.82 Å². The first-order valence-corrected chi connectivity index (χ1v) is 6.93. The van der Waals surface area contributed by atoms with Crippen LogP contribution in [0.5, 0.6) is 0 Å². The number of hydrogen-bond acceptors (Lipinski definition) is 4. The molecule has 94 valence electrons. The monoisotopic (exact) mass is 261 g/mol. The summed E-state index contributed by atoms with van der Waals surface area (Å²) >= 11 is 1.76. The van der Waals surface area contributed by atoms with Crippen LogP contribution in [0.15, 0.2) is 23.0 Å². The molecule has 0 aliphatic heterocycles. The summed E-state index contributed by atoms with van der Waals surface area (Å²) in [7, 11) is 0. The number of thiophene rings is 1. The summed E-state index contributed by atoms with van der Waals surface area (Å²) in [5.41, 5.74) is -0.0724. The fraction of sp³-hybridized carbons (Fsp3) is 0.385. The lowest BCUT2D eigenvalue weighted by atomic mass is 10.4. The molecule has 0 saturated heterocycles. The molecular weight excluding hydrogens is 246 g/mol. The molecule has 1 fully saturated rings. The fourth-order valence-electron chi connectivity index (χ4n) is 1.87.